The lowest BCUT2D eigenvalue weighted by molar-refractivity contribution is 0.737. The summed E-state index contributed by atoms with van der Waals surface area (Å²) in [6.45, 7) is 2.23. The van der Waals surface area contributed by atoms with E-state index in [1.54, 1.807) is 0 Å². The van der Waals surface area contributed by atoms with Gasteiger partial charge in [0.25, 0.3) is 0 Å². The second-order valence-electron chi connectivity index (χ2n) is 8.85. The molecule has 0 bridgehead atoms. The Bertz CT molecular complexity index is 1660. The Morgan fingerprint density at radius 2 is 1.42 bits per heavy atom. The average molecular weight is 427 g/mol. The van der Waals surface area contributed by atoms with E-state index in [1.807, 2.05) is 12.3 Å². The molecule has 0 spiro atoms. The predicted octanol–water partition coefficient (Wildman–Crippen LogP) is 7.02. The fraction of sp³-hybridized carbons (Fsp3) is 0.103. The molecular weight excluding hydrogens is 404 g/mol. The fourth-order valence-corrected chi connectivity index (χ4v) is 5.29. The number of para-hydroxylation sites is 2. The highest BCUT2D eigenvalue weighted by atomic mass is 15.0. The molecule has 158 valence electrons. The van der Waals surface area contributed by atoms with E-state index in [1.165, 1.54) is 27.5 Å². The van der Waals surface area contributed by atoms with Crippen molar-refractivity contribution >= 4 is 44.7 Å². The van der Waals surface area contributed by atoms with Gasteiger partial charge in [0.2, 0.25) is 0 Å². The lowest BCUT2D eigenvalue weighted by atomic mass is 10.0. The lowest BCUT2D eigenvalue weighted by Gasteiger charge is -2.17. The van der Waals surface area contributed by atoms with Gasteiger partial charge in [0.05, 0.1) is 33.4 Å². The van der Waals surface area contributed by atoms with Crippen LogP contribution in [0.3, 0.4) is 0 Å². The minimum absolute atomic E-state index is 0.423. The summed E-state index contributed by atoms with van der Waals surface area (Å²) in [7, 11) is 0. The van der Waals surface area contributed by atoms with Crippen LogP contribution in [0.2, 0.25) is 0 Å². The van der Waals surface area contributed by atoms with Gasteiger partial charge < -0.3 is 9.13 Å². The molecule has 33 heavy (non-hydrogen) atoms. The van der Waals surface area contributed by atoms with Crippen molar-refractivity contribution in [1.29, 1.82) is 0 Å². The molecule has 4 nitrogen and oxygen atoms in total. The van der Waals surface area contributed by atoms with Crippen LogP contribution in [0.15, 0.2) is 96.1 Å². The molecule has 0 radical (unpaired) electrons. The first-order chi connectivity index (χ1) is 16.3. The lowest BCUT2D eigenvalue weighted by Crippen LogP contribution is -2.10. The highest BCUT2D eigenvalue weighted by Gasteiger charge is 2.22. The molecule has 3 aromatic carbocycles. The number of nitrogens with zero attached hydrogens (tertiary/aromatic N) is 4. The third-order valence-corrected chi connectivity index (χ3v) is 6.69. The summed E-state index contributed by atoms with van der Waals surface area (Å²) in [4.78, 5) is 9.54. The Morgan fingerprint density at radius 3 is 2.27 bits per heavy atom. The summed E-state index contributed by atoms with van der Waals surface area (Å²) in [5, 5.41) is 2.38. The van der Waals surface area contributed by atoms with Crippen molar-refractivity contribution in [3.8, 4) is 11.4 Å². The SMILES string of the molecule is CC1C=Nc2c(n(-c3cccc(-n4c5ccccc5c5ncccc54)c3)c3ccccc23)C1. The normalized spacial score (nSPS) is 15.5. The number of rotatable bonds is 2. The standard InChI is InChI=1S/C29H22N4/c1-19-16-27-29(31-18-19)23-11-3-5-13-25(23)33(27)21-9-6-8-20(17-21)32-24-12-4-2-10-22(24)28-26(32)14-7-15-30-28/h2-15,17-19H,16H2,1H3. The Labute approximate surface area is 191 Å². The summed E-state index contributed by atoms with van der Waals surface area (Å²) < 4.78 is 4.72. The van der Waals surface area contributed by atoms with E-state index in [0.717, 1.165) is 34.5 Å². The van der Waals surface area contributed by atoms with Crippen molar-refractivity contribution in [3.05, 3.63) is 96.8 Å². The number of hydrogen-bond donors (Lipinski definition) is 0. The summed E-state index contributed by atoms with van der Waals surface area (Å²) in [5.74, 6) is 0.423. The van der Waals surface area contributed by atoms with Crippen LogP contribution in [-0.4, -0.2) is 20.3 Å². The molecule has 1 aliphatic rings. The number of aliphatic imine (C=N–C) groups is 1. The van der Waals surface area contributed by atoms with Gasteiger partial charge >= 0.3 is 0 Å². The molecule has 0 N–H and O–H groups in total. The maximum atomic E-state index is 4.84. The molecule has 0 saturated heterocycles. The molecule has 1 aliphatic heterocycles. The Morgan fingerprint density at radius 1 is 0.727 bits per heavy atom. The minimum Gasteiger partial charge on any atom is -0.311 e. The number of hydrogen-bond acceptors (Lipinski definition) is 2. The second-order valence-corrected chi connectivity index (χ2v) is 8.85. The van der Waals surface area contributed by atoms with E-state index in [9.17, 15) is 0 Å². The zero-order valence-corrected chi connectivity index (χ0v) is 18.3. The van der Waals surface area contributed by atoms with Gasteiger partial charge in [-0.25, -0.2) is 0 Å². The fourth-order valence-electron chi connectivity index (χ4n) is 5.29. The maximum Gasteiger partial charge on any atom is 0.0963 e. The molecule has 0 aliphatic carbocycles. The van der Waals surface area contributed by atoms with Gasteiger partial charge in [0.15, 0.2) is 0 Å². The molecule has 6 aromatic rings. The first-order valence-corrected chi connectivity index (χ1v) is 11.4. The largest absolute Gasteiger partial charge is 0.311 e. The van der Waals surface area contributed by atoms with E-state index in [0.29, 0.717) is 5.92 Å². The van der Waals surface area contributed by atoms with Crippen molar-refractivity contribution in [2.24, 2.45) is 10.9 Å². The summed E-state index contributed by atoms with van der Waals surface area (Å²) >= 11 is 0. The number of aromatic nitrogens is 3. The second kappa shape index (κ2) is 6.91. The van der Waals surface area contributed by atoms with E-state index in [4.69, 9.17) is 9.98 Å². The first-order valence-electron chi connectivity index (χ1n) is 11.4. The van der Waals surface area contributed by atoms with E-state index >= 15 is 0 Å². The quantitative estimate of drug-likeness (QED) is 0.293. The van der Waals surface area contributed by atoms with Gasteiger partial charge in [-0.1, -0.05) is 49.4 Å². The number of benzene rings is 3. The Balaban J connectivity index is 1.52. The number of fused-ring (bicyclic) bond motifs is 6. The van der Waals surface area contributed by atoms with Gasteiger partial charge in [0, 0.05) is 34.6 Å². The summed E-state index contributed by atoms with van der Waals surface area (Å²) in [6.07, 6.45) is 4.94. The molecule has 0 saturated carbocycles. The van der Waals surface area contributed by atoms with E-state index in [-0.39, 0.29) is 0 Å². The molecular formula is C29H22N4. The monoisotopic (exact) mass is 426 g/mol. The zero-order valence-electron chi connectivity index (χ0n) is 18.3. The van der Waals surface area contributed by atoms with Crippen LogP contribution in [0, 0.1) is 5.92 Å². The van der Waals surface area contributed by atoms with Crippen molar-refractivity contribution in [2.75, 3.05) is 0 Å². The van der Waals surface area contributed by atoms with Crippen molar-refractivity contribution in [3.63, 3.8) is 0 Å². The molecule has 1 unspecified atom stereocenters. The smallest absolute Gasteiger partial charge is 0.0963 e. The molecule has 7 rings (SSSR count). The van der Waals surface area contributed by atoms with Gasteiger partial charge in [-0.15, -0.1) is 0 Å². The van der Waals surface area contributed by atoms with Crippen LogP contribution in [0.25, 0.3) is 44.2 Å². The van der Waals surface area contributed by atoms with E-state index in [2.05, 4.69) is 101 Å². The van der Waals surface area contributed by atoms with E-state index < -0.39 is 0 Å². The minimum atomic E-state index is 0.423. The first kappa shape index (κ1) is 18.4. The molecule has 0 amide bonds. The maximum absolute atomic E-state index is 4.84. The Hall–Kier alpha value is -4.18. The highest BCUT2D eigenvalue weighted by molar-refractivity contribution is 6.07. The molecule has 1 atom stereocenters. The van der Waals surface area contributed by atoms with Crippen LogP contribution in [-0.2, 0) is 6.42 Å². The topological polar surface area (TPSA) is 35.1 Å². The van der Waals surface area contributed by atoms with Crippen LogP contribution in [0.1, 0.15) is 12.6 Å². The molecule has 0 fully saturated rings. The van der Waals surface area contributed by atoms with Gasteiger partial charge in [-0.3, -0.25) is 9.98 Å². The van der Waals surface area contributed by atoms with Gasteiger partial charge in [-0.05, 0) is 54.8 Å². The molecule has 3 aromatic heterocycles. The summed E-state index contributed by atoms with van der Waals surface area (Å²) in [6, 6.07) is 30.1. The van der Waals surface area contributed by atoms with Crippen LogP contribution >= 0.6 is 0 Å². The van der Waals surface area contributed by atoms with Crippen molar-refractivity contribution in [1.82, 2.24) is 14.1 Å². The molecule has 4 heterocycles. The third-order valence-electron chi connectivity index (χ3n) is 6.69. The van der Waals surface area contributed by atoms with Crippen LogP contribution in [0.5, 0.6) is 0 Å². The summed E-state index contributed by atoms with van der Waals surface area (Å²) in [5.41, 5.74) is 9.20. The molecule has 4 heteroatoms. The highest BCUT2D eigenvalue weighted by Crippen LogP contribution is 2.39. The number of pyridine rings is 1. The van der Waals surface area contributed by atoms with Crippen LogP contribution in [0.4, 0.5) is 5.69 Å². The van der Waals surface area contributed by atoms with Crippen molar-refractivity contribution in [2.45, 2.75) is 13.3 Å². The van der Waals surface area contributed by atoms with Crippen LogP contribution < -0.4 is 0 Å². The van der Waals surface area contributed by atoms with Gasteiger partial charge in [-0.2, -0.15) is 0 Å². The van der Waals surface area contributed by atoms with Gasteiger partial charge in [0.1, 0.15) is 0 Å². The van der Waals surface area contributed by atoms with Crippen molar-refractivity contribution < 1.29 is 0 Å². The third kappa shape index (κ3) is 2.64. The zero-order chi connectivity index (χ0) is 21.9. The average Bonchev–Trinajstić information content (AvgIpc) is 3.37. The Kier molecular flexibility index (Phi) is 3.85. The predicted molar refractivity (Wildman–Crippen MR) is 136 cm³/mol.